The number of carbonyl (C=O) groups is 1. The van der Waals surface area contributed by atoms with Crippen molar-refractivity contribution in [2.45, 2.75) is 13.2 Å². The molecule has 2 rings (SSSR count). The van der Waals surface area contributed by atoms with Crippen molar-refractivity contribution in [3.63, 3.8) is 0 Å². The summed E-state index contributed by atoms with van der Waals surface area (Å²) in [6.07, 6.45) is 0. The van der Waals surface area contributed by atoms with Crippen molar-refractivity contribution in [1.82, 2.24) is 9.97 Å². The first-order valence-electron chi connectivity index (χ1n) is 3.55. The molecule has 1 aliphatic heterocycles. The van der Waals surface area contributed by atoms with Crippen LogP contribution in [0.1, 0.15) is 21.7 Å². The Balaban J connectivity index is 2.62. The fourth-order valence-corrected chi connectivity index (χ4v) is 1.38. The van der Waals surface area contributed by atoms with E-state index in [1.54, 1.807) is 0 Å². The number of hydrogen-bond acceptors (Lipinski definition) is 4. The van der Waals surface area contributed by atoms with E-state index in [0.717, 1.165) is 0 Å². The number of rotatable bonds is 1. The molecule has 1 aromatic rings. The molecule has 68 valence electrons. The van der Waals surface area contributed by atoms with Gasteiger partial charge in [-0.3, -0.25) is 0 Å². The first-order valence-corrected chi connectivity index (χ1v) is 3.92. The molecule has 6 heteroatoms. The van der Waals surface area contributed by atoms with Crippen molar-refractivity contribution >= 4 is 17.6 Å². The van der Waals surface area contributed by atoms with Crippen LogP contribution in [0.2, 0.25) is 5.28 Å². The maximum absolute atomic E-state index is 10.7. The molecular weight excluding hydrogens is 196 g/mol. The summed E-state index contributed by atoms with van der Waals surface area (Å²) in [5.74, 6) is -1.11. The van der Waals surface area contributed by atoms with Crippen LogP contribution in [-0.4, -0.2) is 21.0 Å². The minimum Gasteiger partial charge on any atom is -0.476 e. The Bertz CT molecular complexity index is 380. The third kappa shape index (κ3) is 1.36. The van der Waals surface area contributed by atoms with Crippen molar-refractivity contribution in [2.75, 3.05) is 0 Å². The van der Waals surface area contributed by atoms with Crippen molar-refractivity contribution < 1.29 is 14.6 Å². The fraction of sp³-hybridized carbons (Fsp3) is 0.286. The molecule has 2 heterocycles. The van der Waals surface area contributed by atoms with Crippen LogP contribution in [0.3, 0.4) is 0 Å². The minimum atomic E-state index is -1.11. The summed E-state index contributed by atoms with van der Waals surface area (Å²) in [6, 6.07) is 0. The lowest BCUT2D eigenvalue weighted by atomic mass is 10.2. The van der Waals surface area contributed by atoms with Gasteiger partial charge in [-0.05, 0) is 11.6 Å². The summed E-state index contributed by atoms with van der Waals surface area (Å²) in [6.45, 7) is 0.548. The van der Waals surface area contributed by atoms with Crippen LogP contribution in [0.25, 0.3) is 0 Å². The highest BCUT2D eigenvalue weighted by molar-refractivity contribution is 6.28. The number of fused-ring (bicyclic) bond motifs is 1. The van der Waals surface area contributed by atoms with Gasteiger partial charge < -0.3 is 9.84 Å². The van der Waals surface area contributed by atoms with E-state index in [-0.39, 0.29) is 17.6 Å². The van der Waals surface area contributed by atoms with E-state index in [1.807, 2.05) is 0 Å². The number of halogens is 1. The van der Waals surface area contributed by atoms with Crippen LogP contribution in [0, 0.1) is 0 Å². The number of nitrogens with zero attached hydrogens (tertiary/aromatic N) is 2. The minimum absolute atomic E-state index is 0.0540. The third-order valence-electron chi connectivity index (χ3n) is 1.75. The Hall–Kier alpha value is -1.20. The van der Waals surface area contributed by atoms with Gasteiger partial charge in [-0.15, -0.1) is 0 Å². The molecule has 1 N–H and O–H groups in total. The SMILES string of the molecule is O=C(O)c1nc(Cl)nc2c1COC2. The van der Waals surface area contributed by atoms with E-state index in [0.29, 0.717) is 17.9 Å². The van der Waals surface area contributed by atoms with Gasteiger partial charge in [0.05, 0.1) is 18.9 Å². The van der Waals surface area contributed by atoms with Crippen LogP contribution in [0.5, 0.6) is 0 Å². The van der Waals surface area contributed by atoms with E-state index in [1.165, 1.54) is 0 Å². The summed E-state index contributed by atoms with van der Waals surface area (Å²) in [5, 5.41) is 8.71. The molecule has 0 saturated carbocycles. The normalized spacial score (nSPS) is 14.2. The van der Waals surface area contributed by atoms with Crippen LogP contribution in [-0.2, 0) is 18.0 Å². The highest BCUT2D eigenvalue weighted by Gasteiger charge is 2.23. The van der Waals surface area contributed by atoms with Gasteiger partial charge in [0.2, 0.25) is 5.28 Å². The van der Waals surface area contributed by atoms with E-state index in [2.05, 4.69) is 9.97 Å². The van der Waals surface area contributed by atoms with Crippen molar-refractivity contribution in [3.8, 4) is 0 Å². The monoisotopic (exact) mass is 200 g/mol. The lowest BCUT2D eigenvalue weighted by Gasteiger charge is -2.00. The number of aromatic nitrogens is 2. The van der Waals surface area contributed by atoms with Crippen LogP contribution in [0.15, 0.2) is 0 Å². The van der Waals surface area contributed by atoms with Crippen molar-refractivity contribution in [3.05, 3.63) is 22.2 Å². The smallest absolute Gasteiger partial charge is 0.355 e. The van der Waals surface area contributed by atoms with Gasteiger partial charge in [0.25, 0.3) is 0 Å². The largest absolute Gasteiger partial charge is 0.476 e. The van der Waals surface area contributed by atoms with Gasteiger partial charge in [-0.1, -0.05) is 0 Å². The van der Waals surface area contributed by atoms with Crippen LogP contribution >= 0.6 is 11.6 Å². The zero-order chi connectivity index (χ0) is 9.42. The summed E-state index contributed by atoms with van der Waals surface area (Å²) in [7, 11) is 0. The number of ether oxygens (including phenoxy) is 1. The maximum Gasteiger partial charge on any atom is 0.355 e. The first kappa shape index (κ1) is 8.40. The molecule has 0 bridgehead atoms. The average molecular weight is 201 g/mol. The number of aromatic carboxylic acids is 1. The molecule has 0 spiro atoms. The lowest BCUT2D eigenvalue weighted by Crippen LogP contribution is -2.07. The standard InChI is InChI=1S/C7H5ClN2O3/c8-7-9-4-2-13-1-3(4)5(10-7)6(11)12/h1-2H2,(H,11,12). The molecular formula is C7H5ClN2O3. The van der Waals surface area contributed by atoms with Crippen molar-refractivity contribution in [2.24, 2.45) is 0 Å². The highest BCUT2D eigenvalue weighted by atomic mass is 35.5. The summed E-state index contributed by atoms with van der Waals surface area (Å²) in [4.78, 5) is 18.2. The number of carboxylic acid groups (broad SMARTS) is 1. The Morgan fingerprint density at radius 3 is 2.92 bits per heavy atom. The van der Waals surface area contributed by atoms with Crippen LogP contribution in [0.4, 0.5) is 0 Å². The Labute approximate surface area is 78.3 Å². The predicted molar refractivity (Wildman–Crippen MR) is 42.5 cm³/mol. The van der Waals surface area contributed by atoms with Gasteiger partial charge in [0.15, 0.2) is 5.69 Å². The molecule has 0 atom stereocenters. The molecule has 0 radical (unpaired) electrons. The second-order valence-corrected chi connectivity index (χ2v) is 2.90. The van der Waals surface area contributed by atoms with E-state index in [9.17, 15) is 4.79 Å². The number of carboxylic acids is 1. The Morgan fingerprint density at radius 1 is 1.46 bits per heavy atom. The zero-order valence-corrected chi connectivity index (χ0v) is 7.21. The van der Waals surface area contributed by atoms with Crippen LogP contribution < -0.4 is 0 Å². The van der Waals surface area contributed by atoms with Gasteiger partial charge in [0, 0.05) is 5.56 Å². The number of hydrogen-bond donors (Lipinski definition) is 1. The van der Waals surface area contributed by atoms with E-state index >= 15 is 0 Å². The van der Waals surface area contributed by atoms with Gasteiger partial charge in [-0.2, -0.15) is 0 Å². The zero-order valence-electron chi connectivity index (χ0n) is 6.45. The second kappa shape index (κ2) is 2.93. The molecule has 1 aliphatic rings. The van der Waals surface area contributed by atoms with Gasteiger partial charge in [0.1, 0.15) is 0 Å². The molecule has 0 saturated heterocycles. The molecule has 0 unspecified atom stereocenters. The maximum atomic E-state index is 10.7. The molecule has 1 aromatic heterocycles. The highest BCUT2D eigenvalue weighted by Crippen LogP contribution is 2.21. The summed E-state index contributed by atoms with van der Waals surface area (Å²) < 4.78 is 5.04. The van der Waals surface area contributed by atoms with E-state index in [4.69, 9.17) is 21.4 Å². The van der Waals surface area contributed by atoms with E-state index < -0.39 is 5.97 Å². The second-order valence-electron chi connectivity index (χ2n) is 2.56. The third-order valence-corrected chi connectivity index (χ3v) is 1.92. The van der Waals surface area contributed by atoms with Gasteiger partial charge >= 0.3 is 5.97 Å². The molecule has 0 amide bonds. The van der Waals surface area contributed by atoms with Crippen molar-refractivity contribution in [1.29, 1.82) is 0 Å². The molecule has 5 nitrogen and oxygen atoms in total. The quantitative estimate of drug-likeness (QED) is 0.681. The first-order chi connectivity index (χ1) is 6.18. The summed E-state index contributed by atoms with van der Waals surface area (Å²) in [5.41, 5.74) is 1.03. The summed E-state index contributed by atoms with van der Waals surface area (Å²) >= 11 is 5.53. The predicted octanol–water partition coefficient (Wildman–Crippen LogP) is 0.858. The van der Waals surface area contributed by atoms with Gasteiger partial charge in [-0.25, -0.2) is 14.8 Å². The topological polar surface area (TPSA) is 72.3 Å². The lowest BCUT2D eigenvalue weighted by molar-refractivity contribution is 0.0685. The molecule has 0 aromatic carbocycles. The average Bonchev–Trinajstić information content (AvgIpc) is 2.49. The Morgan fingerprint density at radius 2 is 2.23 bits per heavy atom. The fourth-order valence-electron chi connectivity index (χ4n) is 1.20. The molecule has 0 aliphatic carbocycles. The molecule has 0 fully saturated rings. The Kier molecular flexibility index (Phi) is 1.90. The molecule has 13 heavy (non-hydrogen) atoms.